The van der Waals surface area contributed by atoms with E-state index >= 15 is 0 Å². The molecule has 2 nitrogen and oxygen atoms in total. The fourth-order valence-electron chi connectivity index (χ4n) is 2.12. The second-order valence-corrected chi connectivity index (χ2v) is 7.48. The first-order valence-electron chi connectivity index (χ1n) is 6.65. The molecule has 1 N–H and O–H groups in total. The molecule has 108 valence electrons. The minimum atomic E-state index is 0.237. The van der Waals surface area contributed by atoms with Crippen molar-refractivity contribution in [3.05, 3.63) is 56.0 Å². The highest BCUT2D eigenvalue weighted by atomic mass is 35.5. The van der Waals surface area contributed by atoms with Crippen LogP contribution in [0.5, 0.6) is 0 Å². The molecule has 2 heterocycles. The molecule has 0 aliphatic rings. The van der Waals surface area contributed by atoms with Crippen LogP contribution in [0.15, 0.2) is 41.1 Å². The maximum atomic E-state index is 5.98. The average molecular weight is 335 g/mol. The Kier molecular flexibility index (Phi) is 4.29. The standard InChI is InChI=1S/C16H15ClN2S2/c1-10(13-7-16(17)21-8-13)18-14-5-3-12(4-6-14)15-9-20-11(2)19-15/h3-10,18H,1-2H3. The zero-order chi connectivity index (χ0) is 14.8. The number of nitrogens with one attached hydrogen (secondary N) is 1. The first-order valence-corrected chi connectivity index (χ1v) is 8.78. The summed E-state index contributed by atoms with van der Waals surface area (Å²) in [7, 11) is 0. The normalized spacial score (nSPS) is 12.3. The van der Waals surface area contributed by atoms with Gasteiger partial charge in [0.25, 0.3) is 0 Å². The minimum Gasteiger partial charge on any atom is -0.378 e. The van der Waals surface area contributed by atoms with E-state index in [0.717, 1.165) is 26.3 Å². The molecule has 21 heavy (non-hydrogen) atoms. The van der Waals surface area contributed by atoms with Crippen LogP contribution in [-0.2, 0) is 0 Å². The monoisotopic (exact) mass is 334 g/mol. The van der Waals surface area contributed by atoms with Crippen LogP contribution in [0, 0.1) is 6.92 Å². The van der Waals surface area contributed by atoms with E-state index in [-0.39, 0.29) is 6.04 Å². The van der Waals surface area contributed by atoms with Crippen molar-refractivity contribution in [2.45, 2.75) is 19.9 Å². The highest BCUT2D eigenvalue weighted by molar-refractivity contribution is 7.14. The second kappa shape index (κ2) is 6.18. The quantitative estimate of drug-likeness (QED) is 0.632. The number of hydrogen-bond acceptors (Lipinski definition) is 4. The van der Waals surface area contributed by atoms with Crippen molar-refractivity contribution in [2.75, 3.05) is 5.32 Å². The number of hydrogen-bond donors (Lipinski definition) is 1. The zero-order valence-electron chi connectivity index (χ0n) is 11.8. The number of aryl methyl sites for hydroxylation is 1. The second-order valence-electron chi connectivity index (χ2n) is 4.88. The van der Waals surface area contributed by atoms with Gasteiger partial charge in [-0.2, -0.15) is 0 Å². The molecule has 5 heteroatoms. The summed E-state index contributed by atoms with van der Waals surface area (Å²) in [5.74, 6) is 0. The molecule has 0 radical (unpaired) electrons. The Morgan fingerprint density at radius 3 is 2.48 bits per heavy atom. The van der Waals surface area contributed by atoms with Crippen LogP contribution in [0.2, 0.25) is 4.34 Å². The van der Waals surface area contributed by atoms with Crippen molar-refractivity contribution in [2.24, 2.45) is 0 Å². The van der Waals surface area contributed by atoms with E-state index in [1.807, 2.05) is 13.0 Å². The molecule has 0 saturated heterocycles. The number of aromatic nitrogens is 1. The van der Waals surface area contributed by atoms with E-state index in [2.05, 4.69) is 52.3 Å². The molecule has 1 aromatic carbocycles. The first-order chi connectivity index (χ1) is 10.1. The molecule has 0 saturated carbocycles. The Bertz CT molecular complexity index is 731. The number of rotatable bonds is 4. The molecule has 2 aromatic heterocycles. The topological polar surface area (TPSA) is 24.9 Å². The number of benzene rings is 1. The summed E-state index contributed by atoms with van der Waals surface area (Å²) in [6.07, 6.45) is 0. The SMILES string of the molecule is Cc1nc(-c2ccc(NC(C)c3csc(Cl)c3)cc2)cs1. The first kappa shape index (κ1) is 14.6. The molecular weight excluding hydrogens is 320 g/mol. The lowest BCUT2D eigenvalue weighted by atomic mass is 10.1. The van der Waals surface area contributed by atoms with Gasteiger partial charge in [0.05, 0.1) is 15.0 Å². The number of nitrogens with zero attached hydrogens (tertiary/aromatic N) is 1. The van der Waals surface area contributed by atoms with Crippen molar-refractivity contribution in [3.8, 4) is 11.3 Å². The van der Waals surface area contributed by atoms with Gasteiger partial charge in [0, 0.05) is 22.7 Å². The van der Waals surface area contributed by atoms with Gasteiger partial charge in [-0.25, -0.2) is 4.98 Å². The molecule has 3 rings (SSSR count). The van der Waals surface area contributed by atoms with Gasteiger partial charge >= 0.3 is 0 Å². The highest BCUT2D eigenvalue weighted by Crippen LogP contribution is 2.28. The van der Waals surface area contributed by atoms with Crippen LogP contribution < -0.4 is 5.32 Å². The lowest BCUT2D eigenvalue weighted by Crippen LogP contribution is -2.05. The number of anilines is 1. The Hall–Kier alpha value is -1.36. The van der Waals surface area contributed by atoms with Crippen LogP contribution in [0.25, 0.3) is 11.3 Å². The van der Waals surface area contributed by atoms with Gasteiger partial charge in [-0.3, -0.25) is 0 Å². The van der Waals surface area contributed by atoms with Crippen molar-refractivity contribution < 1.29 is 0 Å². The summed E-state index contributed by atoms with van der Waals surface area (Å²) < 4.78 is 0.827. The summed E-state index contributed by atoms with van der Waals surface area (Å²) in [5, 5.41) is 8.76. The van der Waals surface area contributed by atoms with E-state index < -0.39 is 0 Å². The molecule has 1 atom stereocenters. The van der Waals surface area contributed by atoms with Gasteiger partial charge in [0.15, 0.2) is 0 Å². The van der Waals surface area contributed by atoms with Crippen LogP contribution in [0.1, 0.15) is 23.5 Å². The van der Waals surface area contributed by atoms with Gasteiger partial charge in [-0.05, 0) is 43.0 Å². The maximum absolute atomic E-state index is 5.98. The zero-order valence-corrected chi connectivity index (χ0v) is 14.1. The predicted molar refractivity (Wildman–Crippen MR) is 93.7 cm³/mol. The third-order valence-electron chi connectivity index (χ3n) is 3.27. The molecule has 3 aromatic rings. The smallest absolute Gasteiger partial charge is 0.0931 e. The van der Waals surface area contributed by atoms with Crippen LogP contribution in [-0.4, -0.2) is 4.98 Å². The van der Waals surface area contributed by atoms with E-state index in [9.17, 15) is 0 Å². The fraction of sp³-hybridized carbons (Fsp3) is 0.188. The lowest BCUT2D eigenvalue weighted by Gasteiger charge is -2.14. The van der Waals surface area contributed by atoms with E-state index in [0.29, 0.717) is 0 Å². The number of thiazole rings is 1. The molecule has 0 spiro atoms. The molecule has 0 aliphatic heterocycles. The van der Waals surface area contributed by atoms with Gasteiger partial charge in [-0.15, -0.1) is 22.7 Å². The van der Waals surface area contributed by atoms with Crippen molar-refractivity contribution in [1.29, 1.82) is 0 Å². The van der Waals surface area contributed by atoms with Gasteiger partial charge in [0.1, 0.15) is 0 Å². The van der Waals surface area contributed by atoms with Crippen LogP contribution in [0.3, 0.4) is 0 Å². The summed E-state index contributed by atoms with van der Waals surface area (Å²) in [6, 6.07) is 10.6. The Balaban J connectivity index is 1.72. The molecule has 0 bridgehead atoms. The minimum absolute atomic E-state index is 0.237. The number of halogens is 1. The Morgan fingerprint density at radius 2 is 1.90 bits per heavy atom. The third-order valence-corrected chi connectivity index (χ3v) is 5.15. The molecule has 0 aliphatic carbocycles. The van der Waals surface area contributed by atoms with Crippen molar-refractivity contribution in [3.63, 3.8) is 0 Å². The summed E-state index contributed by atoms with van der Waals surface area (Å²) >= 11 is 9.22. The average Bonchev–Trinajstić information content (AvgIpc) is 3.08. The largest absolute Gasteiger partial charge is 0.378 e. The van der Waals surface area contributed by atoms with Gasteiger partial charge < -0.3 is 5.32 Å². The van der Waals surface area contributed by atoms with Crippen LogP contribution in [0.4, 0.5) is 5.69 Å². The third kappa shape index (κ3) is 3.46. The molecule has 0 amide bonds. The molecule has 1 unspecified atom stereocenters. The van der Waals surface area contributed by atoms with E-state index in [1.165, 1.54) is 5.56 Å². The number of thiophene rings is 1. The molecule has 0 fully saturated rings. The summed E-state index contributed by atoms with van der Waals surface area (Å²) in [5.41, 5.74) is 4.50. The van der Waals surface area contributed by atoms with Crippen LogP contribution >= 0.6 is 34.3 Å². The van der Waals surface area contributed by atoms with Gasteiger partial charge in [-0.1, -0.05) is 23.7 Å². The van der Waals surface area contributed by atoms with E-state index in [1.54, 1.807) is 22.7 Å². The fourth-order valence-corrected chi connectivity index (χ4v) is 3.72. The Morgan fingerprint density at radius 1 is 1.14 bits per heavy atom. The van der Waals surface area contributed by atoms with Crippen molar-refractivity contribution in [1.82, 2.24) is 4.98 Å². The maximum Gasteiger partial charge on any atom is 0.0931 e. The molecular formula is C16H15ClN2S2. The van der Waals surface area contributed by atoms with Crippen molar-refractivity contribution >= 4 is 40.0 Å². The van der Waals surface area contributed by atoms with Gasteiger partial charge in [0.2, 0.25) is 0 Å². The lowest BCUT2D eigenvalue weighted by molar-refractivity contribution is 0.891. The highest BCUT2D eigenvalue weighted by Gasteiger charge is 2.08. The predicted octanol–water partition coefficient (Wildman–Crippen LogP) is 6.01. The van der Waals surface area contributed by atoms with E-state index in [4.69, 9.17) is 11.6 Å². The Labute approximate surface area is 137 Å². The summed E-state index contributed by atoms with van der Waals surface area (Å²) in [4.78, 5) is 4.51. The summed E-state index contributed by atoms with van der Waals surface area (Å²) in [6.45, 7) is 4.16.